The van der Waals surface area contributed by atoms with Crippen molar-refractivity contribution in [1.82, 2.24) is 10.2 Å². The third-order valence-corrected chi connectivity index (χ3v) is 7.15. The lowest BCUT2D eigenvalue weighted by Gasteiger charge is -2.27. The van der Waals surface area contributed by atoms with Crippen molar-refractivity contribution in [1.29, 1.82) is 0 Å². The van der Waals surface area contributed by atoms with Gasteiger partial charge in [-0.15, -0.1) is 10.2 Å². The average Bonchev–Trinajstić information content (AvgIpc) is 2.84. The number of sulfonamides is 1. The average molecular weight is 445 g/mol. The molecule has 1 aromatic heterocycles. The second-order valence-corrected chi connectivity index (χ2v) is 9.70. The molecule has 7 heteroatoms. The molecule has 162 valence electrons. The molecule has 1 fully saturated rings. The molecule has 32 heavy (non-hydrogen) atoms. The third-order valence-electron chi connectivity index (χ3n) is 5.77. The highest BCUT2D eigenvalue weighted by atomic mass is 32.2. The lowest BCUT2D eigenvalue weighted by atomic mass is 10.1. The number of anilines is 2. The van der Waals surface area contributed by atoms with Crippen molar-refractivity contribution in [2.75, 3.05) is 22.7 Å². The predicted octanol–water partition coefficient (Wildman–Crippen LogP) is 5.09. The second-order valence-electron chi connectivity index (χ2n) is 8.02. The Morgan fingerprint density at radius 1 is 0.750 bits per heavy atom. The van der Waals surface area contributed by atoms with Gasteiger partial charge in [-0.2, -0.15) is 0 Å². The van der Waals surface area contributed by atoms with Gasteiger partial charge in [-0.25, -0.2) is 8.42 Å². The van der Waals surface area contributed by atoms with E-state index in [-0.39, 0.29) is 4.90 Å². The lowest BCUT2D eigenvalue weighted by Crippen LogP contribution is -2.30. The highest BCUT2D eigenvalue weighted by Crippen LogP contribution is 2.26. The van der Waals surface area contributed by atoms with Gasteiger partial charge in [0.05, 0.1) is 10.6 Å². The molecule has 0 spiro atoms. The van der Waals surface area contributed by atoms with Crippen molar-refractivity contribution < 1.29 is 8.42 Å². The van der Waals surface area contributed by atoms with Gasteiger partial charge in [-0.1, -0.05) is 42.5 Å². The topological polar surface area (TPSA) is 75.2 Å². The maximum Gasteiger partial charge on any atom is 0.261 e. The summed E-state index contributed by atoms with van der Waals surface area (Å²) in [5.74, 6) is 0.890. The van der Waals surface area contributed by atoms with Crippen LogP contribution in [0.15, 0.2) is 83.8 Å². The van der Waals surface area contributed by atoms with E-state index in [4.69, 9.17) is 0 Å². The predicted molar refractivity (Wildman–Crippen MR) is 128 cm³/mol. The summed E-state index contributed by atoms with van der Waals surface area (Å²) in [5, 5.41) is 10.7. The summed E-state index contributed by atoms with van der Waals surface area (Å²) in [6.45, 7) is 2.03. The van der Waals surface area contributed by atoms with Gasteiger partial charge in [-0.05, 0) is 66.4 Å². The van der Waals surface area contributed by atoms with Crippen LogP contribution >= 0.6 is 0 Å². The molecule has 2 heterocycles. The Morgan fingerprint density at radius 2 is 1.56 bits per heavy atom. The Bertz CT molecular complexity index is 1350. The van der Waals surface area contributed by atoms with E-state index in [1.807, 2.05) is 54.6 Å². The monoisotopic (exact) mass is 444 g/mol. The molecule has 0 bridgehead atoms. The molecular formula is C25H24N4O2S. The number of piperidine rings is 1. The molecule has 1 N–H and O–H groups in total. The quantitative estimate of drug-likeness (QED) is 0.464. The van der Waals surface area contributed by atoms with Crippen LogP contribution in [-0.2, 0) is 10.0 Å². The first-order chi connectivity index (χ1) is 15.6. The van der Waals surface area contributed by atoms with Crippen LogP contribution in [-0.4, -0.2) is 31.7 Å². The summed E-state index contributed by atoms with van der Waals surface area (Å²) in [6.07, 6.45) is 3.63. The molecule has 6 nitrogen and oxygen atoms in total. The van der Waals surface area contributed by atoms with Crippen LogP contribution in [0.5, 0.6) is 0 Å². The number of benzene rings is 3. The van der Waals surface area contributed by atoms with Crippen molar-refractivity contribution in [2.24, 2.45) is 0 Å². The van der Waals surface area contributed by atoms with Gasteiger partial charge in [0.2, 0.25) is 0 Å². The van der Waals surface area contributed by atoms with Crippen LogP contribution in [0.2, 0.25) is 0 Å². The standard InChI is InChI=1S/C25H24N4O2S/c30-32(31,23-12-11-19-7-2-3-8-20(19)18-23)28-22-10-6-9-21(17-22)24-13-14-25(27-26-24)29-15-4-1-5-16-29/h2-3,6-14,17-18,28H,1,4-5,15-16H2. The zero-order valence-electron chi connectivity index (χ0n) is 17.6. The summed E-state index contributed by atoms with van der Waals surface area (Å²) in [7, 11) is -3.72. The summed E-state index contributed by atoms with van der Waals surface area (Å²) in [4.78, 5) is 2.49. The van der Waals surface area contributed by atoms with Crippen LogP contribution in [0.4, 0.5) is 11.5 Å². The SMILES string of the molecule is O=S(=O)(Nc1cccc(-c2ccc(N3CCCCC3)nn2)c1)c1ccc2ccccc2c1. The van der Waals surface area contributed by atoms with Gasteiger partial charge in [0.1, 0.15) is 0 Å². The molecule has 4 aromatic rings. The maximum absolute atomic E-state index is 13.0. The summed E-state index contributed by atoms with van der Waals surface area (Å²) < 4.78 is 28.6. The van der Waals surface area contributed by atoms with E-state index < -0.39 is 10.0 Å². The molecule has 0 aliphatic carbocycles. The fourth-order valence-electron chi connectivity index (χ4n) is 4.06. The van der Waals surface area contributed by atoms with Crippen molar-refractivity contribution in [2.45, 2.75) is 24.2 Å². The second kappa shape index (κ2) is 8.59. The molecule has 0 amide bonds. The zero-order valence-corrected chi connectivity index (χ0v) is 18.4. The van der Waals surface area contributed by atoms with Crippen LogP contribution in [0, 0.1) is 0 Å². The molecule has 0 saturated carbocycles. The Kier molecular flexibility index (Phi) is 5.49. The van der Waals surface area contributed by atoms with Gasteiger partial charge in [0, 0.05) is 24.3 Å². The van der Waals surface area contributed by atoms with E-state index >= 15 is 0 Å². The third kappa shape index (κ3) is 4.29. The molecule has 5 rings (SSSR count). The summed E-state index contributed by atoms with van der Waals surface area (Å²) in [5.41, 5.74) is 2.00. The van der Waals surface area contributed by atoms with Gasteiger partial charge in [0.15, 0.2) is 5.82 Å². The lowest BCUT2D eigenvalue weighted by molar-refractivity contribution is 0.571. The van der Waals surface area contributed by atoms with Crippen LogP contribution in [0.1, 0.15) is 19.3 Å². The Labute approximate surface area is 188 Å². The van der Waals surface area contributed by atoms with E-state index in [0.29, 0.717) is 11.4 Å². The van der Waals surface area contributed by atoms with Gasteiger partial charge in [0.25, 0.3) is 10.0 Å². The fraction of sp³-hybridized carbons (Fsp3) is 0.200. The fourth-order valence-corrected chi connectivity index (χ4v) is 5.15. The van der Waals surface area contributed by atoms with E-state index in [2.05, 4.69) is 19.8 Å². The molecule has 0 atom stereocenters. The molecule has 1 aliphatic heterocycles. The number of rotatable bonds is 5. The number of hydrogen-bond donors (Lipinski definition) is 1. The summed E-state index contributed by atoms with van der Waals surface area (Å²) in [6, 6.07) is 24.0. The Hall–Kier alpha value is -3.45. The molecule has 0 unspecified atom stereocenters. The van der Waals surface area contributed by atoms with Crippen molar-refractivity contribution in [3.8, 4) is 11.3 Å². The van der Waals surface area contributed by atoms with E-state index in [1.165, 1.54) is 19.3 Å². The molecular weight excluding hydrogens is 420 g/mol. The Morgan fingerprint density at radius 3 is 2.34 bits per heavy atom. The minimum absolute atomic E-state index is 0.229. The highest BCUT2D eigenvalue weighted by molar-refractivity contribution is 7.92. The normalized spacial score (nSPS) is 14.4. The first kappa shape index (κ1) is 20.5. The number of hydrogen-bond acceptors (Lipinski definition) is 5. The molecule has 3 aromatic carbocycles. The number of nitrogens with one attached hydrogen (secondary N) is 1. The van der Waals surface area contributed by atoms with Crippen LogP contribution in [0.3, 0.4) is 0 Å². The first-order valence-corrected chi connectivity index (χ1v) is 12.3. The van der Waals surface area contributed by atoms with Gasteiger partial charge < -0.3 is 4.90 Å². The summed E-state index contributed by atoms with van der Waals surface area (Å²) >= 11 is 0. The van der Waals surface area contributed by atoms with E-state index in [9.17, 15) is 8.42 Å². The van der Waals surface area contributed by atoms with Crippen molar-refractivity contribution in [3.63, 3.8) is 0 Å². The first-order valence-electron chi connectivity index (χ1n) is 10.8. The smallest absolute Gasteiger partial charge is 0.261 e. The maximum atomic E-state index is 13.0. The molecule has 1 saturated heterocycles. The van der Waals surface area contributed by atoms with Crippen molar-refractivity contribution >= 4 is 32.3 Å². The van der Waals surface area contributed by atoms with E-state index in [1.54, 1.807) is 24.3 Å². The molecule has 0 radical (unpaired) electrons. The van der Waals surface area contributed by atoms with Gasteiger partial charge >= 0.3 is 0 Å². The zero-order chi connectivity index (χ0) is 22.0. The van der Waals surface area contributed by atoms with Crippen LogP contribution < -0.4 is 9.62 Å². The number of nitrogens with zero attached hydrogens (tertiary/aromatic N) is 3. The molecule has 1 aliphatic rings. The van der Waals surface area contributed by atoms with E-state index in [0.717, 1.165) is 35.2 Å². The van der Waals surface area contributed by atoms with Crippen molar-refractivity contribution in [3.05, 3.63) is 78.9 Å². The number of aromatic nitrogens is 2. The largest absolute Gasteiger partial charge is 0.355 e. The highest BCUT2D eigenvalue weighted by Gasteiger charge is 2.16. The minimum Gasteiger partial charge on any atom is -0.355 e. The minimum atomic E-state index is -3.72. The Balaban J connectivity index is 1.37. The van der Waals surface area contributed by atoms with Gasteiger partial charge in [-0.3, -0.25) is 4.72 Å². The van der Waals surface area contributed by atoms with Crippen LogP contribution in [0.25, 0.3) is 22.0 Å². The number of fused-ring (bicyclic) bond motifs is 1.